The van der Waals surface area contributed by atoms with Crippen LogP contribution in [0, 0.1) is 0 Å². The average Bonchev–Trinajstić information content (AvgIpc) is 2.83. The van der Waals surface area contributed by atoms with E-state index in [1.54, 1.807) is 30.0 Å². The fourth-order valence-corrected chi connectivity index (χ4v) is 5.65. The molecule has 0 bridgehead atoms. The molecule has 8 heteroatoms. The van der Waals surface area contributed by atoms with E-state index in [0.717, 1.165) is 10.8 Å². The average molecular weight is 453 g/mol. The van der Waals surface area contributed by atoms with Crippen molar-refractivity contribution in [3.63, 3.8) is 0 Å². The van der Waals surface area contributed by atoms with Crippen LogP contribution in [0.5, 0.6) is 11.5 Å². The summed E-state index contributed by atoms with van der Waals surface area (Å²) in [6, 6.07) is 20.1. The van der Waals surface area contributed by atoms with E-state index < -0.39 is 22.2 Å². The molecule has 0 aromatic heterocycles. The quantitative estimate of drug-likeness (QED) is 0.611. The van der Waals surface area contributed by atoms with E-state index in [2.05, 4.69) is 0 Å². The Labute approximate surface area is 187 Å². The molecule has 0 N–H and O–H groups in total. The number of carbonyl (C=O) groups excluding carboxylic acids is 1. The molecule has 32 heavy (non-hydrogen) atoms. The van der Waals surface area contributed by atoms with Gasteiger partial charge in [-0.2, -0.15) is 4.31 Å². The molecule has 2 unspecified atom stereocenters. The number of amides is 1. The normalized spacial score (nSPS) is 21.5. The number of carbonyl (C=O) groups is 1. The molecular formula is C24H24N2O5S. The highest BCUT2D eigenvalue weighted by Crippen LogP contribution is 2.34. The Balaban J connectivity index is 1.27. The van der Waals surface area contributed by atoms with Gasteiger partial charge in [-0.25, -0.2) is 8.42 Å². The van der Waals surface area contributed by atoms with Crippen LogP contribution in [0.2, 0.25) is 0 Å². The SMILES string of the molecule is CC1Oc2ccccc2OC1C(=O)N1CCN(S(=O)(=O)c2ccc3ccccc3c2)CC1. The van der Waals surface area contributed by atoms with Crippen molar-refractivity contribution in [1.29, 1.82) is 0 Å². The first-order valence-corrected chi connectivity index (χ1v) is 12.1. The van der Waals surface area contributed by atoms with Gasteiger partial charge in [0.1, 0.15) is 6.10 Å². The van der Waals surface area contributed by atoms with Gasteiger partial charge in [-0.3, -0.25) is 4.79 Å². The van der Waals surface area contributed by atoms with Gasteiger partial charge in [0, 0.05) is 26.2 Å². The fraction of sp³-hybridized carbons (Fsp3) is 0.292. The van der Waals surface area contributed by atoms with Crippen LogP contribution in [0.4, 0.5) is 0 Å². The molecule has 3 aromatic rings. The minimum Gasteiger partial charge on any atom is -0.482 e. The summed E-state index contributed by atoms with van der Waals surface area (Å²) < 4.78 is 39.6. The third kappa shape index (κ3) is 3.69. The van der Waals surface area contributed by atoms with Gasteiger partial charge in [-0.15, -0.1) is 0 Å². The van der Waals surface area contributed by atoms with Gasteiger partial charge in [-0.1, -0.05) is 42.5 Å². The molecule has 5 rings (SSSR count). The number of rotatable bonds is 3. The number of ether oxygens (including phenoxy) is 2. The van der Waals surface area contributed by atoms with Crippen LogP contribution >= 0.6 is 0 Å². The number of nitrogens with zero attached hydrogens (tertiary/aromatic N) is 2. The Morgan fingerprint density at radius 3 is 2.19 bits per heavy atom. The second-order valence-corrected chi connectivity index (χ2v) is 9.98. The standard InChI is InChI=1S/C24H24N2O5S/c1-17-23(31-22-9-5-4-8-21(22)30-17)24(27)25-12-14-26(15-13-25)32(28,29)20-11-10-18-6-2-3-7-19(18)16-20/h2-11,16-17,23H,12-15H2,1H3. The number of hydrogen-bond acceptors (Lipinski definition) is 5. The predicted octanol–water partition coefficient (Wildman–Crippen LogP) is 2.90. The van der Waals surface area contributed by atoms with Crippen LogP contribution in [0.3, 0.4) is 0 Å². The van der Waals surface area contributed by atoms with E-state index in [9.17, 15) is 13.2 Å². The highest BCUT2D eigenvalue weighted by molar-refractivity contribution is 7.89. The zero-order chi connectivity index (χ0) is 22.3. The number of benzene rings is 3. The molecule has 1 amide bonds. The minimum atomic E-state index is -3.64. The third-order valence-electron chi connectivity index (χ3n) is 5.99. The number of sulfonamides is 1. The third-order valence-corrected chi connectivity index (χ3v) is 7.89. The zero-order valence-corrected chi connectivity index (χ0v) is 18.5. The fourth-order valence-electron chi connectivity index (χ4n) is 4.20. The second kappa shape index (κ2) is 8.11. The number of hydrogen-bond donors (Lipinski definition) is 0. The van der Waals surface area contributed by atoms with Crippen molar-refractivity contribution in [2.45, 2.75) is 24.0 Å². The minimum absolute atomic E-state index is 0.185. The van der Waals surface area contributed by atoms with Gasteiger partial charge in [0.15, 0.2) is 11.5 Å². The summed E-state index contributed by atoms with van der Waals surface area (Å²) in [6.45, 7) is 2.89. The van der Waals surface area contributed by atoms with E-state index >= 15 is 0 Å². The summed E-state index contributed by atoms with van der Waals surface area (Å²) in [4.78, 5) is 15.0. The number of para-hydroxylation sites is 2. The molecule has 0 radical (unpaired) electrons. The first-order chi connectivity index (χ1) is 15.4. The van der Waals surface area contributed by atoms with Gasteiger partial charge in [-0.05, 0) is 42.0 Å². The maximum absolute atomic E-state index is 13.2. The highest BCUT2D eigenvalue weighted by atomic mass is 32.2. The van der Waals surface area contributed by atoms with Gasteiger partial charge in [0.25, 0.3) is 5.91 Å². The Kier molecular flexibility index (Phi) is 5.27. The largest absolute Gasteiger partial charge is 0.482 e. The molecule has 0 spiro atoms. The maximum atomic E-state index is 13.2. The topological polar surface area (TPSA) is 76.2 Å². The molecule has 2 atom stereocenters. The second-order valence-electron chi connectivity index (χ2n) is 8.05. The molecular weight excluding hydrogens is 428 g/mol. The molecule has 0 saturated carbocycles. The maximum Gasteiger partial charge on any atom is 0.267 e. The van der Waals surface area contributed by atoms with Crippen LogP contribution in [0.1, 0.15) is 6.92 Å². The lowest BCUT2D eigenvalue weighted by atomic mass is 10.1. The monoisotopic (exact) mass is 452 g/mol. The highest BCUT2D eigenvalue weighted by Gasteiger charge is 2.39. The van der Waals surface area contributed by atoms with Crippen molar-refractivity contribution in [3.8, 4) is 11.5 Å². The lowest BCUT2D eigenvalue weighted by molar-refractivity contribution is -0.145. The molecule has 2 heterocycles. The van der Waals surface area contributed by atoms with Gasteiger partial charge < -0.3 is 14.4 Å². The van der Waals surface area contributed by atoms with Crippen LogP contribution in [-0.2, 0) is 14.8 Å². The first kappa shape index (κ1) is 20.8. The Morgan fingerprint density at radius 2 is 1.47 bits per heavy atom. The van der Waals surface area contributed by atoms with Gasteiger partial charge >= 0.3 is 0 Å². The molecule has 166 valence electrons. The van der Waals surface area contributed by atoms with Crippen molar-refractivity contribution in [2.24, 2.45) is 0 Å². The Hall–Kier alpha value is -3.10. The number of piperazine rings is 1. The molecule has 2 aliphatic rings. The van der Waals surface area contributed by atoms with Gasteiger partial charge in [0.05, 0.1) is 4.90 Å². The van der Waals surface area contributed by atoms with Crippen molar-refractivity contribution in [3.05, 3.63) is 66.7 Å². The summed E-state index contributed by atoms with van der Waals surface area (Å²) >= 11 is 0. The Bertz CT molecular complexity index is 1270. The molecule has 1 fully saturated rings. The number of fused-ring (bicyclic) bond motifs is 2. The van der Waals surface area contributed by atoms with E-state index in [0.29, 0.717) is 24.6 Å². The molecule has 7 nitrogen and oxygen atoms in total. The van der Waals surface area contributed by atoms with Crippen molar-refractivity contribution < 1.29 is 22.7 Å². The predicted molar refractivity (Wildman–Crippen MR) is 120 cm³/mol. The van der Waals surface area contributed by atoms with E-state index in [1.807, 2.05) is 48.5 Å². The van der Waals surface area contributed by atoms with Crippen LogP contribution in [0.25, 0.3) is 10.8 Å². The molecule has 0 aliphatic carbocycles. The van der Waals surface area contributed by atoms with Crippen molar-refractivity contribution in [1.82, 2.24) is 9.21 Å². The van der Waals surface area contributed by atoms with Crippen LogP contribution in [0.15, 0.2) is 71.6 Å². The Morgan fingerprint density at radius 1 is 0.844 bits per heavy atom. The molecule has 1 saturated heterocycles. The summed E-state index contributed by atoms with van der Waals surface area (Å²) in [6.07, 6.45) is -1.19. The van der Waals surface area contributed by atoms with E-state index in [-0.39, 0.29) is 23.9 Å². The van der Waals surface area contributed by atoms with Crippen molar-refractivity contribution in [2.75, 3.05) is 26.2 Å². The van der Waals surface area contributed by atoms with E-state index in [4.69, 9.17) is 9.47 Å². The zero-order valence-electron chi connectivity index (χ0n) is 17.7. The van der Waals surface area contributed by atoms with Crippen molar-refractivity contribution >= 4 is 26.7 Å². The summed E-state index contributed by atoms with van der Waals surface area (Å²) in [5, 5.41) is 1.87. The summed E-state index contributed by atoms with van der Waals surface area (Å²) in [5.74, 6) is 0.978. The van der Waals surface area contributed by atoms with E-state index in [1.165, 1.54) is 4.31 Å². The smallest absolute Gasteiger partial charge is 0.267 e. The lowest BCUT2D eigenvalue weighted by Crippen LogP contribution is -2.56. The molecule has 2 aliphatic heterocycles. The van der Waals surface area contributed by atoms with Crippen LogP contribution in [-0.4, -0.2) is 61.9 Å². The summed E-state index contributed by atoms with van der Waals surface area (Å²) in [7, 11) is -3.64. The van der Waals surface area contributed by atoms with Gasteiger partial charge in [0.2, 0.25) is 16.1 Å². The molecule has 3 aromatic carbocycles. The van der Waals surface area contributed by atoms with Crippen LogP contribution < -0.4 is 9.47 Å². The lowest BCUT2D eigenvalue weighted by Gasteiger charge is -2.38. The summed E-state index contributed by atoms with van der Waals surface area (Å²) in [5.41, 5.74) is 0. The first-order valence-electron chi connectivity index (χ1n) is 10.6.